The van der Waals surface area contributed by atoms with Gasteiger partial charge in [-0.15, -0.1) is 0 Å². The molecule has 0 fully saturated rings. The Morgan fingerprint density at radius 1 is 1.07 bits per heavy atom. The SMILES string of the molecule is CCCCCC(=O)N[C@@H](Cc1c[nH]c2ccc(C(=O)CCCCC)cc12)C(=O)O.[Ca+2].[H-].[H-]. The third-order valence-electron chi connectivity index (χ3n) is 5.16. The molecule has 0 bridgehead atoms. The molecule has 162 valence electrons. The summed E-state index contributed by atoms with van der Waals surface area (Å²) < 4.78 is 0. The van der Waals surface area contributed by atoms with Gasteiger partial charge in [0.15, 0.2) is 5.78 Å². The number of ketones is 1. The van der Waals surface area contributed by atoms with E-state index < -0.39 is 12.0 Å². The molecule has 0 unspecified atom stereocenters. The average Bonchev–Trinajstić information content (AvgIpc) is 3.09. The molecule has 2 aromatic rings. The second kappa shape index (κ2) is 13.8. The molecule has 1 atom stereocenters. The van der Waals surface area contributed by atoms with Gasteiger partial charge in [-0.05, 0) is 36.6 Å². The van der Waals surface area contributed by atoms with E-state index in [0.717, 1.165) is 55.0 Å². The van der Waals surface area contributed by atoms with Gasteiger partial charge in [0.05, 0.1) is 0 Å². The van der Waals surface area contributed by atoms with Gasteiger partial charge in [0.1, 0.15) is 6.04 Å². The number of aromatic amines is 1. The summed E-state index contributed by atoms with van der Waals surface area (Å²) >= 11 is 0. The van der Waals surface area contributed by atoms with Crippen LogP contribution in [0.25, 0.3) is 10.9 Å². The van der Waals surface area contributed by atoms with E-state index in [1.807, 2.05) is 12.1 Å². The summed E-state index contributed by atoms with van der Waals surface area (Å²) in [5.41, 5.74) is 2.28. The van der Waals surface area contributed by atoms with Crippen LogP contribution in [0.5, 0.6) is 0 Å². The first kappa shape index (κ1) is 26.7. The Labute approximate surface area is 211 Å². The maximum atomic E-state index is 12.4. The van der Waals surface area contributed by atoms with Crippen LogP contribution < -0.4 is 5.32 Å². The number of fused-ring (bicyclic) bond motifs is 1. The standard InChI is InChI=1S/C23H32N2O4.Ca.2H/c1-3-5-7-9-21(26)16-11-12-19-18(13-16)17(15-24-19)14-20(23(28)29)25-22(27)10-8-6-4-2;;;/h11-13,15,20,24H,3-10,14H2,1-2H3,(H,25,27)(H,28,29);;;/q;+2;2*-1/t20-;;;/m0.../s1. The third kappa shape index (κ3) is 8.05. The molecular formula is C23H34CaN2O4. The number of carboxylic acid groups (broad SMARTS) is 1. The molecule has 6 nitrogen and oxygen atoms in total. The Morgan fingerprint density at radius 2 is 1.73 bits per heavy atom. The Kier molecular flexibility index (Phi) is 12.3. The Balaban J connectivity index is 0. The molecule has 3 N–H and O–H groups in total. The number of hydrogen-bond acceptors (Lipinski definition) is 3. The first-order chi connectivity index (χ1) is 14.0. The molecule has 30 heavy (non-hydrogen) atoms. The van der Waals surface area contributed by atoms with Gasteiger partial charge in [0.2, 0.25) is 5.91 Å². The Morgan fingerprint density at radius 3 is 2.37 bits per heavy atom. The molecule has 2 rings (SSSR count). The van der Waals surface area contributed by atoms with Gasteiger partial charge >= 0.3 is 43.7 Å². The largest absolute Gasteiger partial charge is 2.00 e. The Bertz CT molecular complexity index is 858. The van der Waals surface area contributed by atoms with Gasteiger partial charge in [-0.1, -0.05) is 39.5 Å². The van der Waals surface area contributed by atoms with Crippen molar-refractivity contribution < 1.29 is 22.3 Å². The molecule has 0 aliphatic carbocycles. The molecule has 1 heterocycles. The van der Waals surface area contributed by atoms with Crippen molar-refractivity contribution >= 4 is 66.3 Å². The number of amides is 1. The number of H-pyrrole nitrogens is 1. The van der Waals surface area contributed by atoms with Crippen molar-refractivity contribution in [3.05, 3.63) is 35.5 Å². The molecule has 0 aliphatic heterocycles. The van der Waals surface area contributed by atoms with Crippen molar-refractivity contribution in [2.75, 3.05) is 0 Å². The molecule has 0 aliphatic rings. The molecule has 0 radical (unpaired) electrons. The Hall–Kier alpha value is -1.37. The number of carboxylic acids is 1. The number of aliphatic carboxylic acids is 1. The van der Waals surface area contributed by atoms with Crippen molar-refractivity contribution in [3.63, 3.8) is 0 Å². The topological polar surface area (TPSA) is 99.3 Å². The van der Waals surface area contributed by atoms with Crippen molar-refractivity contribution in [1.82, 2.24) is 10.3 Å². The van der Waals surface area contributed by atoms with Gasteiger partial charge in [0, 0.05) is 41.9 Å². The number of Topliss-reactive ketones (excluding diaryl/α,β-unsaturated/α-hetero) is 1. The minimum absolute atomic E-state index is 0. The number of benzene rings is 1. The quantitative estimate of drug-likeness (QED) is 0.242. The molecule has 0 spiro atoms. The number of carbonyl (C=O) groups is 3. The second-order valence-electron chi connectivity index (χ2n) is 7.57. The van der Waals surface area contributed by atoms with Gasteiger partial charge < -0.3 is 18.3 Å². The van der Waals surface area contributed by atoms with E-state index >= 15 is 0 Å². The summed E-state index contributed by atoms with van der Waals surface area (Å²) in [6.07, 6.45) is 8.46. The summed E-state index contributed by atoms with van der Waals surface area (Å²) in [6, 6.07) is 4.50. The van der Waals surface area contributed by atoms with E-state index in [1.54, 1.807) is 12.3 Å². The fraction of sp³-hybridized carbons (Fsp3) is 0.522. The molecule has 0 saturated heterocycles. The minimum atomic E-state index is -1.06. The summed E-state index contributed by atoms with van der Waals surface area (Å²) in [7, 11) is 0. The van der Waals surface area contributed by atoms with Crippen LogP contribution in [0.3, 0.4) is 0 Å². The van der Waals surface area contributed by atoms with E-state index in [-0.39, 0.29) is 58.7 Å². The van der Waals surface area contributed by atoms with E-state index in [1.165, 1.54) is 0 Å². The zero-order chi connectivity index (χ0) is 21.2. The van der Waals surface area contributed by atoms with Crippen LogP contribution in [0, 0.1) is 0 Å². The van der Waals surface area contributed by atoms with Crippen LogP contribution in [0.15, 0.2) is 24.4 Å². The smallest absolute Gasteiger partial charge is 1.00 e. The van der Waals surface area contributed by atoms with Crippen LogP contribution in [0.2, 0.25) is 0 Å². The van der Waals surface area contributed by atoms with Gasteiger partial charge in [-0.3, -0.25) is 9.59 Å². The summed E-state index contributed by atoms with van der Waals surface area (Å²) in [5.74, 6) is -1.20. The van der Waals surface area contributed by atoms with Gasteiger partial charge in [-0.25, -0.2) is 4.79 Å². The van der Waals surface area contributed by atoms with Gasteiger partial charge in [0.25, 0.3) is 0 Å². The molecule has 1 amide bonds. The fourth-order valence-corrected chi connectivity index (χ4v) is 3.42. The van der Waals surface area contributed by atoms with Crippen LogP contribution >= 0.6 is 0 Å². The van der Waals surface area contributed by atoms with E-state index in [4.69, 9.17) is 0 Å². The average molecular weight is 443 g/mol. The number of unbranched alkanes of at least 4 members (excludes halogenated alkanes) is 4. The third-order valence-corrected chi connectivity index (χ3v) is 5.16. The van der Waals surface area contributed by atoms with Crippen LogP contribution in [0.4, 0.5) is 0 Å². The summed E-state index contributed by atoms with van der Waals surface area (Å²) in [6.45, 7) is 4.15. The van der Waals surface area contributed by atoms with Crippen molar-refractivity contribution in [1.29, 1.82) is 0 Å². The van der Waals surface area contributed by atoms with Crippen molar-refractivity contribution in [3.8, 4) is 0 Å². The molecular weight excluding hydrogens is 408 g/mol. The predicted molar refractivity (Wildman–Crippen MR) is 122 cm³/mol. The fourth-order valence-electron chi connectivity index (χ4n) is 3.42. The number of rotatable bonds is 13. The normalized spacial score (nSPS) is 11.7. The van der Waals surface area contributed by atoms with E-state index in [0.29, 0.717) is 18.4 Å². The second-order valence-corrected chi connectivity index (χ2v) is 7.57. The number of aromatic nitrogens is 1. The maximum Gasteiger partial charge on any atom is 2.00 e. The van der Waals surface area contributed by atoms with Crippen LogP contribution in [0.1, 0.15) is 84.0 Å². The van der Waals surface area contributed by atoms with Gasteiger partial charge in [-0.2, -0.15) is 0 Å². The number of hydrogen-bond donors (Lipinski definition) is 3. The van der Waals surface area contributed by atoms with Crippen molar-refractivity contribution in [2.45, 2.75) is 77.7 Å². The minimum Gasteiger partial charge on any atom is -1.00 e. The molecule has 1 aromatic carbocycles. The van der Waals surface area contributed by atoms with Crippen molar-refractivity contribution in [2.24, 2.45) is 0 Å². The van der Waals surface area contributed by atoms with Crippen LogP contribution in [-0.4, -0.2) is 71.5 Å². The van der Waals surface area contributed by atoms with Crippen LogP contribution in [-0.2, 0) is 16.0 Å². The zero-order valence-electron chi connectivity index (χ0n) is 20.1. The number of nitrogens with one attached hydrogen (secondary N) is 2. The molecule has 7 heteroatoms. The molecule has 0 saturated carbocycles. The molecule has 1 aromatic heterocycles. The monoisotopic (exact) mass is 442 g/mol. The zero-order valence-corrected chi connectivity index (χ0v) is 20.3. The van der Waals surface area contributed by atoms with E-state index in [9.17, 15) is 19.5 Å². The first-order valence-electron chi connectivity index (χ1n) is 10.6. The van der Waals surface area contributed by atoms with E-state index in [2.05, 4.69) is 24.1 Å². The first-order valence-corrected chi connectivity index (χ1v) is 10.6. The maximum absolute atomic E-state index is 12.4. The number of carbonyl (C=O) groups excluding carboxylic acids is 2. The summed E-state index contributed by atoms with van der Waals surface area (Å²) in [4.78, 5) is 39.3. The summed E-state index contributed by atoms with van der Waals surface area (Å²) in [5, 5.41) is 13.0. The predicted octanol–water partition coefficient (Wildman–Crippen LogP) is 4.47.